The van der Waals surface area contributed by atoms with E-state index in [0.717, 1.165) is 11.6 Å². The van der Waals surface area contributed by atoms with E-state index in [0.29, 0.717) is 0 Å². The maximum absolute atomic E-state index is 4.42. The molecular weight excluding hydrogens is 186 g/mol. The van der Waals surface area contributed by atoms with Gasteiger partial charge in [0, 0.05) is 16.8 Å². The fourth-order valence-corrected chi connectivity index (χ4v) is 3.31. The van der Waals surface area contributed by atoms with Crippen molar-refractivity contribution in [2.45, 2.75) is 30.5 Å². The number of hydrogen-bond donors (Lipinski definition) is 0. The Morgan fingerprint density at radius 2 is 2.50 bits per heavy atom. The Hall–Kier alpha value is -0.0200. The second-order valence-corrected chi connectivity index (χ2v) is 5.49. The largest absolute Gasteiger partial charge is 0.235 e. The minimum atomic E-state index is 0.985. The van der Waals surface area contributed by atoms with Crippen molar-refractivity contribution >= 4 is 23.1 Å². The van der Waals surface area contributed by atoms with Crippen LogP contribution < -0.4 is 0 Å². The van der Waals surface area contributed by atoms with Gasteiger partial charge in [0.1, 0.15) is 4.34 Å². The minimum absolute atomic E-state index is 0.985. The summed E-state index contributed by atoms with van der Waals surface area (Å²) in [5.74, 6) is 2.27. The number of aryl methyl sites for hydroxylation is 1. The summed E-state index contributed by atoms with van der Waals surface area (Å²) in [7, 11) is 0. The Morgan fingerprint density at radius 3 is 3.00 bits per heavy atom. The van der Waals surface area contributed by atoms with Gasteiger partial charge in [-0.3, -0.25) is 0 Å². The maximum Gasteiger partial charge on any atom is 0.150 e. The topological polar surface area (TPSA) is 12.9 Å². The average molecular weight is 199 g/mol. The van der Waals surface area contributed by atoms with E-state index in [1.54, 1.807) is 11.3 Å². The molecule has 0 aromatic carbocycles. The number of thiazole rings is 1. The highest BCUT2D eigenvalue weighted by Gasteiger charge is 2.17. The molecule has 0 bridgehead atoms. The molecule has 1 heterocycles. The second-order valence-electron chi connectivity index (χ2n) is 3.36. The van der Waals surface area contributed by atoms with Crippen molar-refractivity contribution in [2.75, 3.05) is 5.75 Å². The first kappa shape index (κ1) is 8.57. The third kappa shape index (κ3) is 2.02. The van der Waals surface area contributed by atoms with Crippen LogP contribution in [0.15, 0.2) is 9.72 Å². The Labute approximate surface area is 81.6 Å². The van der Waals surface area contributed by atoms with Crippen LogP contribution in [0.1, 0.15) is 25.0 Å². The van der Waals surface area contributed by atoms with E-state index < -0.39 is 0 Å². The van der Waals surface area contributed by atoms with Crippen molar-refractivity contribution < 1.29 is 0 Å². The zero-order valence-electron chi connectivity index (χ0n) is 7.25. The van der Waals surface area contributed by atoms with Crippen LogP contribution in [0, 0.1) is 12.8 Å². The van der Waals surface area contributed by atoms with Crippen molar-refractivity contribution in [2.24, 2.45) is 5.92 Å². The normalized spacial score (nSPS) is 17.8. The van der Waals surface area contributed by atoms with Crippen LogP contribution in [0.3, 0.4) is 0 Å². The van der Waals surface area contributed by atoms with Gasteiger partial charge >= 0.3 is 0 Å². The standard InChI is InChI=1S/C9H13NS2/c1-7-5-11-9(10-7)12-6-8-3-2-4-8/h5,8H,2-4,6H2,1H3. The van der Waals surface area contributed by atoms with Gasteiger partial charge in [0.25, 0.3) is 0 Å². The van der Waals surface area contributed by atoms with Crippen LogP contribution in [0.5, 0.6) is 0 Å². The summed E-state index contributed by atoms with van der Waals surface area (Å²) in [4.78, 5) is 4.42. The number of hydrogen-bond acceptors (Lipinski definition) is 3. The van der Waals surface area contributed by atoms with Gasteiger partial charge in [0.05, 0.1) is 0 Å². The number of nitrogens with zero attached hydrogens (tertiary/aromatic N) is 1. The first-order valence-electron chi connectivity index (χ1n) is 4.39. The van der Waals surface area contributed by atoms with Crippen LogP contribution in [0.2, 0.25) is 0 Å². The molecule has 1 aromatic heterocycles. The zero-order chi connectivity index (χ0) is 8.39. The SMILES string of the molecule is Cc1csc(SCC2CCC2)n1. The summed E-state index contributed by atoms with van der Waals surface area (Å²) in [6.07, 6.45) is 4.33. The number of aromatic nitrogens is 1. The van der Waals surface area contributed by atoms with Crippen LogP contribution >= 0.6 is 23.1 Å². The van der Waals surface area contributed by atoms with Gasteiger partial charge < -0.3 is 0 Å². The Morgan fingerprint density at radius 1 is 1.67 bits per heavy atom. The van der Waals surface area contributed by atoms with Crippen molar-refractivity contribution in [1.29, 1.82) is 0 Å². The van der Waals surface area contributed by atoms with Gasteiger partial charge in [0.2, 0.25) is 0 Å². The van der Waals surface area contributed by atoms with Crippen LogP contribution in [-0.4, -0.2) is 10.7 Å². The molecule has 1 saturated carbocycles. The highest BCUT2D eigenvalue weighted by molar-refractivity contribution is 8.01. The van der Waals surface area contributed by atoms with E-state index in [2.05, 4.69) is 17.3 Å². The Balaban J connectivity index is 1.79. The van der Waals surface area contributed by atoms with Gasteiger partial charge in [-0.15, -0.1) is 11.3 Å². The Kier molecular flexibility index (Phi) is 2.71. The van der Waals surface area contributed by atoms with Gasteiger partial charge in [0.15, 0.2) is 0 Å². The molecule has 2 rings (SSSR count). The zero-order valence-corrected chi connectivity index (χ0v) is 8.88. The summed E-state index contributed by atoms with van der Waals surface area (Å²) in [5.41, 5.74) is 1.16. The quantitative estimate of drug-likeness (QED) is 0.692. The van der Waals surface area contributed by atoms with Gasteiger partial charge in [-0.2, -0.15) is 0 Å². The molecule has 1 aliphatic carbocycles. The highest BCUT2D eigenvalue weighted by Crippen LogP contribution is 2.33. The molecule has 0 radical (unpaired) electrons. The van der Waals surface area contributed by atoms with Gasteiger partial charge in [-0.1, -0.05) is 18.2 Å². The highest BCUT2D eigenvalue weighted by atomic mass is 32.2. The molecule has 0 aliphatic heterocycles. The molecule has 1 fully saturated rings. The van der Waals surface area contributed by atoms with Crippen molar-refractivity contribution in [3.05, 3.63) is 11.1 Å². The van der Waals surface area contributed by atoms with Crippen molar-refractivity contribution in [1.82, 2.24) is 4.98 Å². The summed E-state index contributed by atoms with van der Waals surface area (Å²) in [6.45, 7) is 2.06. The van der Waals surface area contributed by atoms with Gasteiger partial charge in [-0.05, 0) is 25.7 Å². The fraction of sp³-hybridized carbons (Fsp3) is 0.667. The molecule has 0 amide bonds. The molecule has 0 saturated heterocycles. The lowest BCUT2D eigenvalue weighted by Crippen LogP contribution is -2.12. The fourth-order valence-electron chi connectivity index (χ4n) is 1.25. The van der Waals surface area contributed by atoms with Crippen molar-refractivity contribution in [3.8, 4) is 0 Å². The molecule has 12 heavy (non-hydrogen) atoms. The number of thioether (sulfide) groups is 1. The predicted octanol–water partition coefficient (Wildman–Crippen LogP) is 3.34. The summed E-state index contributed by atoms with van der Waals surface area (Å²) >= 11 is 3.71. The Bertz CT molecular complexity index is 253. The third-order valence-corrected chi connectivity index (χ3v) is 4.64. The van der Waals surface area contributed by atoms with E-state index >= 15 is 0 Å². The van der Waals surface area contributed by atoms with E-state index in [1.807, 2.05) is 11.8 Å². The molecule has 0 spiro atoms. The first-order chi connectivity index (χ1) is 5.84. The average Bonchev–Trinajstić information content (AvgIpc) is 2.32. The molecule has 0 atom stereocenters. The van der Waals surface area contributed by atoms with Crippen LogP contribution in [0.4, 0.5) is 0 Å². The maximum atomic E-state index is 4.42. The molecular formula is C9H13NS2. The predicted molar refractivity (Wildman–Crippen MR) is 54.9 cm³/mol. The molecule has 3 heteroatoms. The van der Waals surface area contributed by atoms with Crippen molar-refractivity contribution in [3.63, 3.8) is 0 Å². The lowest BCUT2D eigenvalue weighted by molar-refractivity contribution is 0.353. The minimum Gasteiger partial charge on any atom is -0.235 e. The molecule has 0 N–H and O–H groups in total. The van der Waals surface area contributed by atoms with Crippen LogP contribution in [-0.2, 0) is 0 Å². The van der Waals surface area contributed by atoms with E-state index in [9.17, 15) is 0 Å². The summed E-state index contributed by atoms with van der Waals surface area (Å²) in [5, 5.41) is 2.13. The number of rotatable bonds is 3. The molecule has 1 aliphatic rings. The monoisotopic (exact) mass is 199 g/mol. The molecule has 0 unspecified atom stereocenters. The lowest BCUT2D eigenvalue weighted by atomic mass is 9.87. The summed E-state index contributed by atoms with van der Waals surface area (Å²) in [6, 6.07) is 0. The second kappa shape index (κ2) is 3.79. The van der Waals surface area contributed by atoms with Crippen LogP contribution in [0.25, 0.3) is 0 Å². The smallest absolute Gasteiger partial charge is 0.150 e. The first-order valence-corrected chi connectivity index (χ1v) is 6.26. The molecule has 1 nitrogen and oxygen atoms in total. The molecule has 66 valence electrons. The van der Waals surface area contributed by atoms with E-state index in [1.165, 1.54) is 29.4 Å². The van der Waals surface area contributed by atoms with E-state index in [4.69, 9.17) is 0 Å². The lowest BCUT2D eigenvalue weighted by Gasteiger charge is -2.23. The molecule has 1 aromatic rings. The van der Waals surface area contributed by atoms with E-state index in [-0.39, 0.29) is 0 Å². The van der Waals surface area contributed by atoms with Gasteiger partial charge in [-0.25, -0.2) is 4.98 Å². The summed E-state index contributed by atoms with van der Waals surface area (Å²) < 4.78 is 1.25. The third-order valence-electron chi connectivity index (χ3n) is 2.27.